The molecule has 1 saturated heterocycles. The molecule has 2 rings (SSSR count). The molecule has 3 N–H and O–H groups in total. The van der Waals surface area contributed by atoms with E-state index in [0.29, 0.717) is 19.4 Å². The topological polar surface area (TPSA) is 123 Å². The molecular weight excluding hydrogens is 402 g/mol. The van der Waals surface area contributed by atoms with E-state index in [1.54, 1.807) is 0 Å². The number of carbonyl (C=O) groups is 4. The first kappa shape index (κ1) is 24.2. The predicted molar refractivity (Wildman–Crippen MR) is 113 cm³/mol. The Bertz CT molecular complexity index is 768. The van der Waals surface area contributed by atoms with Gasteiger partial charge in [-0.1, -0.05) is 44.2 Å². The summed E-state index contributed by atoms with van der Waals surface area (Å²) in [5.41, 5.74) is 0.822. The highest BCUT2D eigenvalue weighted by Crippen LogP contribution is 2.17. The second kappa shape index (κ2) is 11.9. The first-order valence-corrected chi connectivity index (χ1v) is 10.4. The number of alkyl carbamates (subject to hydrolysis) is 1. The van der Waals surface area contributed by atoms with Gasteiger partial charge in [0.25, 0.3) is 0 Å². The highest BCUT2D eigenvalue weighted by atomic mass is 16.5. The van der Waals surface area contributed by atoms with Gasteiger partial charge in [0.2, 0.25) is 11.8 Å². The zero-order valence-electron chi connectivity index (χ0n) is 18.2. The fourth-order valence-corrected chi connectivity index (χ4v) is 3.39. The maximum absolute atomic E-state index is 12.9. The minimum absolute atomic E-state index is 0.0737. The summed E-state index contributed by atoms with van der Waals surface area (Å²) in [4.78, 5) is 49.2. The number of nitrogens with one attached hydrogen (secondary N) is 3. The Morgan fingerprint density at radius 3 is 2.42 bits per heavy atom. The third kappa shape index (κ3) is 7.92. The molecule has 9 heteroatoms. The Balaban J connectivity index is 1.99. The number of rotatable bonds is 10. The molecular formula is C22H31N3O6. The Hall–Kier alpha value is -3.10. The largest absolute Gasteiger partial charge is 0.467 e. The third-order valence-corrected chi connectivity index (χ3v) is 5.01. The van der Waals surface area contributed by atoms with Gasteiger partial charge < -0.3 is 25.4 Å². The molecule has 0 spiro atoms. The van der Waals surface area contributed by atoms with Crippen molar-refractivity contribution in [2.45, 2.75) is 51.8 Å². The first-order valence-electron chi connectivity index (χ1n) is 10.4. The van der Waals surface area contributed by atoms with E-state index in [-0.39, 0.29) is 30.8 Å². The second-order valence-corrected chi connectivity index (χ2v) is 7.98. The van der Waals surface area contributed by atoms with Gasteiger partial charge in [0.05, 0.1) is 7.11 Å². The van der Waals surface area contributed by atoms with Gasteiger partial charge in [-0.05, 0) is 30.7 Å². The van der Waals surface area contributed by atoms with Gasteiger partial charge in [-0.25, -0.2) is 9.59 Å². The monoisotopic (exact) mass is 433 g/mol. The summed E-state index contributed by atoms with van der Waals surface area (Å²) in [5, 5.41) is 7.92. The summed E-state index contributed by atoms with van der Waals surface area (Å²) in [6, 6.07) is 7.31. The summed E-state index contributed by atoms with van der Waals surface area (Å²) in [5.74, 6) is -1.59. The van der Waals surface area contributed by atoms with Crippen molar-refractivity contribution in [1.29, 1.82) is 0 Å². The van der Waals surface area contributed by atoms with Gasteiger partial charge >= 0.3 is 12.1 Å². The van der Waals surface area contributed by atoms with Crippen LogP contribution >= 0.6 is 0 Å². The number of benzene rings is 1. The molecule has 1 aromatic rings. The molecule has 1 heterocycles. The molecule has 0 aromatic heterocycles. The Morgan fingerprint density at radius 2 is 1.84 bits per heavy atom. The van der Waals surface area contributed by atoms with Crippen LogP contribution in [0.1, 0.15) is 38.7 Å². The first-order chi connectivity index (χ1) is 14.8. The lowest BCUT2D eigenvalue weighted by Gasteiger charge is -2.24. The third-order valence-electron chi connectivity index (χ3n) is 5.01. The van der Waals surface area contributed by atoms with Crippen molar-refractivity contribution >= 4 is 23.9 Å². The molecule has 3 unspecified atom stereocenters. The minimum Gasteiger partial charge on any atom is -0.467 e. The van der Waals surface area contributed by atoms with Crippen LogP contribution in [0.2, 0.25) is 0 Å². The van der Waals surface area contributed by atoms with Crippen molar-refractivity contribution in [2.75, 3.05) is 13.7 Å². The summed E-state index contributed by atoms with van der Waals surface area (Å²) < 4.78 is 10.0. The van der Waals surface area contributed by atoms with Crippen LogP contribution in [-0.4, -0.2) is 49.6 Å². The molecule has 9 nitrogen and oxygen atoms in total. The summed E-state index contributed by atoms with van der Waals surface area (Å²) >= 11 is 0. The lowest BCUT2D eigenvalue weighted by atomic mass is 9.97. The number of amides is 3. The average Bonchev–Trinajstić information content (AvgIpc) is 3.15. The standard InChI is InChI=1S/C22H31N3O6/c1-14(2)11-17(25-22(29)31-13-15-7-5-4-6-8-15)20(27)24-18(21(28)30-3)12-16-9-10-23-19(16)26/h4-8,14,16-18H,9-13H2,1-3H3,(H,23,26)(H,24,27)(H,25,29). The Morgan fingerprint density at radius 1 is 1.13 bits per heavy atom. The van der Waals surface area contributed by atoms with E-state index in [1.807, 2.05) is 44.2 Å². The SMILES string of the molecule is COC(=O)C(CC1CCNC1=O)NC(=O)C(CC(C)C)NC(=O)OCc1ccccc1. The van der Waals surface area contributed by atoms with E-state index in [9.17, 15) is 19.2 Å². The molecule has 1 aliphatic rings. The van der Waals surface area contributed by atoms with Crippen LogP contribution in [0.5, 0.6) is 0 Å². The van der Waals surface area contributed by atoms with E-state index >= 15 is 0 Å². The van der Waals surface area contributed by atoms with Crippen LogP contribution in [0.25, 0.3) is 0 Å². The molecule has 0 radical (unpaired) electrons. The molecule has 31 heavy (non-hydrogen) atoms. The van der Waals surface area contributed by atoms with E-state index in [2.05, 4.69) is 16.0 Å². The van der Waals surface area contributed by atoms with Crippen molar-refractivity contribution in [1.82, 2.24) is 16.0 Å². The van der Waals surface area contributed by atoms with Crippen molar-refractivity contribution in [3.05, 3.63) is 35.9 Å². The van der Waals surface area contributed by atoms with Crippen LogP contribution < -0.4 is 16.0 Å². The van der Waals surface area contributed by atoms with Crippen LogP contribution in [0, 0.1) is 11.8 Å². The van der Waals surface area contributed by atoms with Gasteiger partial charge in [-0.2, -0.15) is 0 Å². The number of esters is 1. The van der Waals surface area contributed by atoms with Gasteiger partial charge in [0.1, 0.15) is 18.7 Å². The van der Waals surface area contributed by atoms with Crippen LogP contribution in [-0.2, 0) is 30.5 Å². The zero-order valence-corrected chi connectivity index (χ0v) is 18.2. The van der Waals surface area contributed by atoms with Gasteiger partial charge in [0, 0.05) is 12.5 Å². The molecule has 0 bridgehead atoms. The number of methoxy groups -OCH3 is 1. The lowest BCUT2D eigenvalue weighted by Crippen LogP contribution is -2.53. The number of carbonyl (C=O) groups excluding carboxylic acids is 4. The maximum atomic E-state index is 12.9. The molecule has 3 amide bonds. The van der Waals surface area contributed by atoms with Crippen LogP contribution in [0.3, 0.4) is 0 Å². The van der Waals surface area contributed by atoms with Crippen molar-refractivity contribution in [3.8, 4) is 0 Å². The molecule has 0 aliphatic carbocycles. The van der Waals surface area contributed by atoms with Gasteiger partial charge in [-0.3, -0.25) is 9.59 Å². The normalized spacial score (nSPS) is 17.4. The highest BCUT2D eigenvalue weighted by molar-refractivity contribution is 5.90. The Labute approximate surface area is 182 Å². The summed E-state index contributed by atoms with van der Waals surface area (Å²) in [6.07, 6.45) is 0.345. The molecule has 1 aromatic carbocycles. The van der Waals surface area contributed by atoms with Crippen molar-refractivity contribution in [3.63, 3.8) is 0 Å². The molecule has 3 atom stereocenters. The summed E-state index contributed by atoms with van der Waals surface area (Å²) in [6.45, 7) is 4.44. The number of ether oxygens (including phenoxy) is 2. The second-order valence-electron chi connectivity index (χ2n) is 7.98. The highest BCUT2D eigenvalue weighted by Gasteiger charge is 2.33. The molecule has 1 fully saturated rings. The van der Waals surface area contributed by atoms with Crippen LogP contribution in [0.4, 0.5) is 4.79 Å². The predicted octanol–water partition coefficient (Wildman–Crippen LogP) is 1.51. The summed E-state index contributed by atoms with van der Waals surface area (Å²) in [7, 11) is 1.22. The van der Waals surface area contributed by atoms with E-state index in [4.69, 9.17) is 9.47 Å². The van der Waals surface area contributed by atoms with Gasteiger partial charge in [0.15, 0.2) is 0 Å². The smallest absolute Gasteiger partial charge is 0.408 e. The quantitative estimate of drug-likeness (QED) is 0.481. The fraction of sp³-hybridized carbons (Fsp3) is 0.545. The Kier molecular flexibility index (Phi) is 9.30. The molecule has 170 valence electrons. The maximum Gasteiger partial charge on any atom is 0.408 e. The molecule has 1 aliphatic heterocycles. The lowest BCUT2D eigenvalue weighted by molar-refractivity contribution is -0.146. The van der Waals surface area contributed by atoms with Crippen molar-refractivity contribution in [2.24, 2.45) is 11.8 Å². The van der Waals surface area contributed by atoms with Crippen molar-refractivity contribution < 1.29 is 28.7 Å². The number of hydrogen-bond acceptors (Lipinski definition) is 6. The van der Waals surface area contributed by atoms with E-state index in [1.165, 1.54) is 7.11 Å². The fourth-order valence-electron chi connectivity index (χ4n) is 3.39. The van der Waals surface area contributed by atoms with Crippen LogP contribution in [0.15, 0.2) is 30.3 Å². The van der Waals surface area contributed by atoms with Gasteiger partial charge in [-0.15, -0.1) is 0 Å². The minimum atomic E-state index is -0.983. The van der Waals surface area contributed by atoms with E-state index in [0.717, 1.165) is 5.56 Å². The number of hydrogen-bond donors (Lipinski definition) is 3. The van der Waals surface area contributed by atoms with E-state index < -0.39 is 30.1 Å². The zero-order chi connectivity index (χ0) is 22.8. The average molecular weight is 434 g/mol. The molecule has 0 saturated carbocycles.